The molecule has 0 amide bonds. The highest BCUT2D eigenvalue weighted by molar-refractivity contribution is 5.99. The van der Waals surface area contributed by atoms with Crippen molar-refractivity contribution < 1.29 is 4.79 Å². The molecule has 1 aliphatic rings. The van der Waals surface area contributed by atoms with Crippen molar-refractivity contribution in [1.29, 1.82) is 0 Å². The minimum absolute atomic E-state index is 0.0246. The molecule has 0 bridgehead atoms. The standard InChI is InChI=1S/C17H27N3O/c1-15(17(21)16-7-5-4-6-8-16)20-13-11-19(12-14-20)10-9-18(2)3/h4-8,15H,9-14H2,1-3H3. The van der Waals surface area contributed by atoms with Gasteiger partial charge in [0.05, 0.1) is 6.04 Å². The zero-order chi connectivity index (χ0) is 15.2. The van der Waals surface area contributed by atoms with E-state index in [1.165, 1.54) is 0 Å². The summed E-state index contributed by atoms with van der Waals surface area (Å²) in [4.78, 5) is 19.5. The van der Waals surface area contributed by atoms with Crippen LogP contribution in [-0.4, -0.2) is 79.9 Å². The molecule has 1 unspecified atom stereocenters. The van der Waals surface area contributed by atoms with Gasteiger partial charge in [-0.15, -0.1) is 0 Å². The third kappa shape index (κ3) is 4.63. The zero-order valence-electron chi connectivity index (χ0n) is 13.5. The molecular weight excluding hydrogens is 262 g/mol. The fraction of sp³-hybridized carbons (Fsp3) is 0.588. The second-order valence-electron chi connectivity index (χ2n) is 6.09. The summed E-state index contributed by atoms with van der Waals surface area (Å²) in [6.07, 6.45) is 0. The summed E-state index contributed by atoms with van der Waals surface area (Å²) in [5.41, 5.74) is 0.819. The number of carbonyl (C=O) groups is 1. The molecule has 0 N–H and O–H groups in total. The van der Waals surface area contributed by atoms with Gasteiger partial charge in [0.1, 0.15) is 0 Å². The molecule has 0 aromatic heterocycles. The molecule has 1 aliphatic heterocycles. The van der Waals surface area contributed by atoms with E-state index in [1.807, 2.05) is 37.3 Å². The fourth-order valence-corrected chi connectivity index (χ4v) is 2.73. The van der Waals surface area contributed by atoms with Crippen LogP contribution in [0.15, 0.2) is 30.3 Å². The molecule has 21 heavy (non-hydrogen) atoms. The first-order chi connectivity index (χ1) is 10.1. The lowest BCUT2D eigenvalue weighted by Gasteiger charge is -2.37. The molecule has 116 valence electrons. The van der Waals surface area contributed by atoms with Gasteiger partial charge in [0, 0.05) is 44.8 Å². The van der Waals surface area contributed by atoms with E-state index in [0.29, 0.717) is 0 Å². The smallest absolute Gasteiger partial charge is 0.179 e. The SMILES string of the molecule is CC(C(=O)c1ccccc1)N1CCN(CCN(C)C)CC1. The van der Waals surface area contributed by atoms with Crippen molar-refractivity contribution >= 4 is 5.78 Å². The predicted octanol–water partition coefficient (Wildman–Crippen LogP) is 1.44. The summed E-state index contributed by atoms with van der Waals surface area (Å²) < 4.78 is 0. The first-order valence-electron chi connectivity index (χ1n) is 7.78. The Labute approximate surface area is 128 Å². The number of likely N-dealkylation sites (N-methyl/N-ethyl adjacent to an activating group) is 1. The Morgan fingerprint density at radius 2 is 1.76 bits per heavy atom. The van der Waals surface area contributed by atoms with E-state index in [4.69, 9.17) is 0 Å². The Balaban J connectivity index is 1.83. The largest absolute Gasteiger partial charge is 0.308 e. The molecule has 2 rings (SSSR count). The molecule has 0 aliphatic carbocycles. The number of carbonyl (C=O) groups excluding carboxylic acids is 1. The number of ketones is 1. The van der Waals surface area contributed by atoms with Gasteiger partial charge in [0.2, 0.25) is 0 Å². The first-order valence-corrected chi connectivity index (χ1v) is 7.78. The second kappa shape index (κ2) is 7.69. The average Bonchev–Trinajstić information content (AvgIpc) is 2.53. The normalized spacial score (nSPS) is 18.9. The van der Waals surface area contributed by atoms with Crippen molar-refractivity contribution in [1.82, 2.24) is 14.7 Å². The summed E-state index contributed by atoms with van der Waals surface area (Å²) in [5.74, 6) is 0.234. The Morgan fingerprint density at radius 3 is 2.33 bits per heavy atom. The van der Waals surface area contributed by atoms with Crippen molar-refractivity contribution in [2.75, 3.05) is 53.4 Å². The third-order valence-electron chi connectivity index (χ3n) is 4.26. The summed E-state index contributed by atoms with van der Waals surface area (Å²) in [6.45, 7) is 8.31. The van der Waals surface area contributed by atoms with E-state index in [2.05, 4.69) is 28.8 Å². The van der Waals surface area contributed by atoms with Gasteiger partial charge in [-0.1, -0.05) is 30.3 Å². The van der Waals surface area contributed by atoms with Crippen molar-refractivity contribution in [3.63, 3.8) is 0 Å². The van der Waals surface area contributed by atoms with Gasteiger partial charge in [0.25, 0.3) is 0 Å². The Morgan fingerprint density at radius 1 is 1.14 bits per heavy atom. The van der Waals surface area contributed by atoms with Gasteiger partial charge in [-0.05, 0) is 21.0 Å². The summed E-state index contributed by atoms with van der Waals surface area (Å²) in [7, 11) is 4.22. The third-order valence-corrected chi connectivity index (χ3v) is 4.26. The van der Waals surface area contributed by atoms with Crippen LogP contribution in [0.5, 0.6) is 0 Å². The minimum atomic E-state index is -0.0246. The van der Waals surface area contributed by atoms with Crippen LogP contribution in [0.2, 0.25) is 0 Å². The minimum Gasteiger partial charge on any atom is -0.308 e. The van der Waals surface area contributed by atoms with E-state index < -0.39 is 0 Å². The molecule has 1 saturated heterocycles. The molecule has 1 aromatic carbocycles. The lowest BCUT2D eigenvalue weighted by Crippen LogP contribution is -2.52. The maximum absolute atomic E-state index is 12.5. The van der Waals surface area contributed by atoms with Crippen LogP contribution in [0.4, 0.5) is 0 Å². The first kappa shape index (κ1) is 16.1. The Kier molecular flexibility index (Phi) is 5.91. The summed E-state index contributed by atoms with van der Waals surface area (Å²) in [5, 5.41) is 0. The van der Waals surface area contributed by atoms with Crippen molar-refractivity contribution in [3.05, 3.63) is 35.9 Å². The van der Waals surface area contributed by atoms with Crippen LogP contribution in [0.3, 0.4) is 0 Å². The van der Waals surface area contributed by atoms with E-state index in [0.717, 1.165) is 44.8 Å². The summed E-state index contributed by atoms with van der Waals surface area (Å²) >= 11 is 0. The van der Waals surface area contributed by atoms with Crippen LogP contribution < -0.4 is 0 Å². The fourth-order valence-electron chi connectivity index (χ4n) is 2.73. The van der Waals surface area contributed by atoms with Crippen LogP contribution >= 0.6 is 0 Å². The number of nitrogens with zero attached hydrogens (tertiary/aromatic N) is 3. The van der Waals surface area contributed by atoms with E-state index in [9.17, 15) is 4.79 Å². The Hall–Kier alpha value is -1.23. The highest BCUT2D eigenvalue weighted by Crippen LogP contribution is 2.12. The lowest BCUT2D eigenvalue weighted by atomic mass is 10.0. The van der Waals surface area contributed by atoms with Crippen LogP contribution in [0.25, 0.3) is 0 Å². The molecule has 1 aromatic rings. The highest BCUT2D eigenvalue weighted by Gasteiger charge is 2.25. The van der Waals surface area contributed by atoms with E-state index in [-0.39, 0.29) is 11.8 Å². The predicted molar refractivity (Wildman–Crippen MR) is 86.8 cm³/mol. The van der Waals surface area contributed by atoms with Crippen molar-refractivity contribution in [2.24, 2.45) is 0 Å². The molecule has 0 saturated carbocycles. The number of benzene rings is 1. The van der Waals surface area contributed by atoms with Crippen LogP contribution in [-0.2, 0) is 0 Å². The number of piperazine rings is 1. The van der Waals surface area contributed by atoms with Crippen molar-refractivity contribution in [2.45, 2.75) is 13.0 Å². The van der Waals surface area contributed by atoms with Crippen LogP contribution in [0, 0.1) is 0 Å². The second-order valence-corrected chi connectivity index (χ2v) is 6.09. The Bertz CT molecular complexity index is 439. The van der Waals surface area contributed by atoms with Gasteiger partial charge in [0.15, 0.2) is 5.78 Å². The molecule has 0 radical (unpaired) electrons. The molecular formula is C17H27N3O. The quantitative estimate of drug-likeness (QED) is 0.741. The molecule has 0 spiro atoms. The number of hydrogen-bond acceptors (Lipinski definition) is 4. The van der Waals surface area contributed by atoms with Gasteiger partial charge < -0.3 is 4.90 Å². The van der Waals surface area contributed by atoms with E-state index in [1.54, 1.807) is 0 Å². The number of Topliss-reactive ketones (excluding diaryl/α,β-unsaturated/α-hetero) is 1. The summed E-state index contributed by atoms with van der Waals surface area (Å²) in [6, 6.07) is 9.60. The number of rotatable bonds is 6. The van der Waals surface area contributed by atoms with E-state index >= 15 is 0 Å². The van der Waals surface area contributed by atoms with Crippen molar-refractivity contribution in [3.8, 4) is 0 Å². The monoisotopic (exact) mass is 289 g/mol. The van der Waals surface area contributed by atoms with Gasteiger partial charge >= 0.3 is 0 Å². The van der Waals surface area contributed by atoms with Gasteiger partial charge in [-0.25, -0.2) is 0 Å². The average molecular weight is 289 g/mol. The highest BCUT2D eigenvalue weighted by atomic mass is 16.1. The zero-order valence-corrected chi connectivity index (χ0v) is 13.5. The lowest BCUT2D eigenvalue weighted by molar-refractivity contribution is 0.0689. The molecule has 4 heteroatoms. The van der Waals surface area contributed by atoms with Gasteiger partial charge in [-0.3, -0.25) is 14.6 Å². The maximum Gasteiger partial charge on any atom is 0.179 e. The maximum atomic E-state index is 12.5. The van der Waals surface area contributed by atoms with Crippen LogP contribution in [0.1, 0.15) is 17.3 Å². The molecule has 1 heterocycles. The molecule has 1 atom stereocenters. The number of hydrogen-bond donors (Lipinski definition) is 0. The molecule has 1 fully saturated rings. The topological polar surface area (TPSA) is 26.8 Å². The van der Waals surface area contributed by atoms with Gasteiger partial charge in [-0.2, -0.15) is 0 Å². The molecule has 4 nitrogen and oxygen atoms in total.